The van der Waals surface area contributed by atoms with Crippen molar-refractivity contribution >= 4 is 0 Å². The fourth-order valence-electron chi connectivity index (χ4n) is 2.66. The summed E-state index contributed by atoms with van der Waals surface area (Å²) in [5, 5.41) is 3.68. The van der Waals surface area contributed by atoms with E-state index in [0.717, 1.165) is 12.3 Å². The molecule has 0 fully saturated rings. The van der Waals surface area contributed by atoms with Crippen LogP contribution in [-0.4, -0.2) is 13.7 Å². The van der Waals surface area contributed by atoms with Gasteiger partial charge in [0.2, 0.25) is 0 Å². The van der Waals surface area contributed by atoms with Gasteiger partial charge in [-0.3, -0.25) is 0 Å². The number of rotatable bonds is 9. The average molecular weight is 291 g/mol. The number of nitrogens with one attached hydrogen (secondary N) is 1. The quantitative estimate of drug-likeness (QED) is 0.626. The van der Waals surface area contributed by atoms with Gasteiger partial charge < -0.3 is 10.1 Å². The summed E-state index contributed by atoms with van der Waals surface area (Å²) < 4.78 is 5.52. The fraction of sp³-hybridized carbons (Fsp3) is 0.684. The molecule has 1 unspecified atom stereocenters. The minimum Gasteiger partial charge on any atom is -0.496 e. The van der Waals surface area contributed by atoms with E-state index in [0.29, 0.717) is 11.5 Å². The van der Waals surface area contributed by atoms with Gasteiger partial charge in [0.05, 0.1) is 7.11 Å². The zero-order chi connectivity index (χ0) is 15.9. The molecule has 0 amide bonds. The molecule has 0 heterocycles. The standard InChI is InChI=1S/C19H33NO/c1-7-8-9-12-19(4,5)14-20-16(3)17-11-10-15(2)13-18(17)21-6/h10-11,13,16,20H,7-9,12,14H2,1-6H3. The molecule has 0 aliphatic carbocycles. The van der Waals surface area contributed by atoms with E-state index in [4.69, 9.17) is 4.74 Å². The highest BCUT2D eigenvalue weighted by Crippen LogP contribution is 2.28. The largest absolute Gasteiger partial charge is 0.496 e. The molecule has 0 bridgehead atoms. The Morgan fingerprint density at radius 1 is 1.24 bits per heavy atom. The lowest BCUT2D eigenvalue weighted by atomic mass is 9.86. The van der Waals surface area contributed by atoms with Crippen molar-refractivity contribution in [2.45, 2.75) is 66.3 Å². The molecule has 21 heavy (non-hydrogen) atoms. The van der Waals surface area contributed by atoms with E-state index in [2.05, 4.69) is 58.1 Å². The molecule has 0 aromatic heterocycles. The number of unbranched alkanes of at least 4 members (excludes halogenated alkanes) is 2. The first-order valence-corrected chi connectivity index (χ1v) is 8.27. The van der Waals surface area contributed by atoms with Gasteiger partial charge in [0, 0.05) is 18.2 Å². The van der Waals surface area contributed by atoms with Crippen molar-refractivity contribution < 1.29 is 4.74 Å². The Kier molecular flexibility index (Phi) is 7.24. The van der Waals surface area contributed by atoms with Gasteiger partial charge in [0.1, 0.15) is 5.75 Å². The lowest BCUT2D eigenvalue weighted by molar-refractivity contribution is 0.289. The van der Waals surface area contributed by atoms with E-state index < -0.39 is 0 Å². The second-order valence-electron chi connectivity index (χ2n) is 6.97. The third-order valence-electron chi connectivity index (χ3n) is 4.20. The van der Waals surface area contributed by atoms with Gasteiger partial charge in [0.15, 0.2) is 0 Å². The Labute approximate surface area is 131 Å². The van der Waals surface area contributed by atoms with E-state index >= 15 is 0 Å². The molecule has 1 N–H and O–H groups in total. The molecule has 1 rings (SSSR count). The molecule has 0 aliphatic rings. The normalized spacial score (nSPS) is 13.2. The van der Waals surface area contributed by atoms with Crippen LogP contribution in [0.25, 0.3) is 0 Å². The van der Waals surface area contributed by atoms with Crippen LogP contribution in [0.5, 0.6) is 5.75 Å². The molecule has 0 saturated carbocycles. The average Bonchev–Trinajstić information content (AvgIpc) is 2.45. The number of methoxy groups -OCH3 is 1. The third-order valence-corrected chi connectivity index (χ3v) is 4.20. The number of hydrogen-bond donors (Lipinski definition) is 1. The summed E-state index contributed by atoms with van der Waals surface area (Å²) in [6, 6.07) is 6.75. The summed E-state index contributed by atoms with van der Waals surface area (Å²) in [7, 11) is 1.75. The fourth-order valence-corrected chi connectivity index (χ4v) is 2.66. The van der Waals surface area contributed by atoms with Crippen LogP contribution in [-0.2, 0) is 0 Å². The van der Waals surface area contributed by atoms with E-state index in [1.165, 1.54) is 36.8 Å². The Hall–Kier alpha value is -1.02. The van der Waals surface area contributed by atoms with Crippen LogP contribution in [0.1, 0.15) is 70.5 Å². The Bertz CT molecular complexity index is 426. The van der Waals surface area contributed by atoms with Gasteiger partial charge >= 0.3 is 0 Å². The van der Waals surface area contributed by atoms with Crippen LogP contribution in [0.4, 0.5) is 0 Å². The van der Waals surface area contributed by atoms with Gasteiger partial charge in [-0.05, 0) is 37.3 Å². The molecule has 2 heteroatoms. The van der Waals surface area contributed by atoms with Crippen LogP contribution in [0, 0.1) is 12.3 Å². The summed E-state index contributed by atoms with van der Waals surface area (Å²) in [5.41, 5.74) is 2.83. The number of benzene rings is 1. The lowest BCUT2D eigenvalue weighted by Crippen LogP contribution is -2.31. The highest BCUT2D eigenvalue weighted by atomic mass is 16.5. The summed E-state index contributed by atoms with van der Waals surface area (Å²) in [5.74, 6) is 0.985. The first kappa shape index (κ1) is 18.0. The molecule has 0 saturated heterocycles. The van der Waals surface area contributed by atoms with Crippen molar-refractivity contribution in [3.8, 4) is 5.75 Å². The monoisotopic (exact) mass is 291 g/mol. The summed E-state index contributed by atoms with van der Waals surface area (Å²) in [6.45, 7) is 12.3. The first-order valence-electron chi connectivity index (χ1n) is 8.27. The summed E-state index contributed by atoms with van der Waals surface area (Å²) in [4.78, 5) is 0. The molecule has 0 spiro atoms. The minimum absolute atomic E-state index is 0.311. The molecule has 1 aromatic carbocycles. The number of aryl methyl sites for hydroxylation is 1. The maximum absolute atomic E-state index is 5.52. The SMILES string of the molecule is CCCCCC(C)(C)CNC(C)c1ccc(C)cc1OC. The van der Waals surface area contributed by atoms with Gasteiger partial charge in [-0.2, -0.15) is 0 Å². The van der Waals surface area contributed by atoms with Crippen molar-refractivity contribution in [3.63, 3.8) is 0 Å². The molecular weight excluding hydrogens is 258 g/mol. The predicted octanol–water partition coefficient (Wildman–Crippen LogP) is 5.26. The molecule has 2 nitrogen and oxygen atoms in total. The molecular formula is C19H33NO. The second kappa shape index (κ2) is 8.43. The van der Waals surface area contributed by atoms with Crippen molar-refractivity contribution in [1.82, 2.24) is 5.32 Å². The van der Waals surface area contributed by atoms with Gasteiger partial charge in [0.25, 0.3) is 0 Å². The van der Waals surface area contributed by atoms with Crippen LogP contribution in [0.3, 0.4) is 0 Å². The molecule has 0 aliphatic heterocycles. The Morgan fingerprint density at radius 3 is 2.57 bits per heavy atom. The van der Waals surface area contributed by atoms with E-state index in [1.54, 1.807) is 7.11 Å². The minimum atomic E-state index is 0.311. The van der Waals surface area contributed by atoms with Crippen LogP contribution < -0.4 is 10.1 Å². The van der Waals surface area contributed by atoms with Crippen LogP contribution >= 0.6 is 0 Å². The van der Waals surface area contributed by atoms with Crippen LogP contribution in [0.15, 0.2) is 18.2 Å². The zero-order valence-corrected chi connectivity index (χ0v) is 14.8. The van der Waals surface area contributed by atoms with E-state index in [9.17, 15) is 0 Å². The van der Waals surface area contributed by atoms with E-state index in [-0.39, 0.29) is 0 Å². The van der Waals surface area contributed by atoms with Crippen molar-refractivity contribution in [2.24, 2.45) is 5.41 Å². The van der Waals surface area contributed by atoms with Gasteiger partial charge in [-0.15, -0.1) is 0 Å². The Morgan fingerprint density at radius 2 is 1.95 bits per heavy atom. The number of hydrogen-bond acceptors (Lipinski definition) is 2. The second-order valence-corrected chi connectivity index (χ2v) is 6.97. The maximum Gasteiger partial charge on any atom is 0.123 e. The van der Waals surface area contributed by atoms with E-state index in [1.807, 2.05) is 0 Å². The molecule has 1 atom stereocenters. The maximum atomic E-state index is 5.52. The van der Waals surface area contributed by atoms with Crippen molar-refractivity contribution in [2.75, 3.05) is 13.7 Å². The van der Waals surface area contributed by atoms with Gasteiger partial charge in [-0.25, -0.2) is 0 Å². The lowest BCUT2D eigenvalue weighted by Gasteiger charge is -2.28. The predicted molar refractivity (Wildman–Crippen MR) is 92.1 cm³/mol. The van der Waals surface area contributed by atoms with Gasteiger partial charge in [-0.1, -0.05) is 52.2 Å². The number of ether oxygens (including phenoxy) is 1. The van der Waals surface area contributed by atoms with Crippen molar-refractivity contribution in [3.05, 3.63) is 29.3 Å². The zero-order valence-electron chi connectivity index (χ0n) is 14.8. The van der Waals surface area contributed by atoms with Crippen molar-refractivity contribution in [1.29, 1.82) is 0 Å². The first-order chi connectivity index (χ1) is 9.89. The molecule has 120 valence electrons. The highest BCUT2D eigenvalue weighted by molar-refractivity contribution is 5.39. The summed E-state index contributed by atoms with van der Waals surface area (Å²) >= 11 is 0. The topological polar surface area (TPSA) is 21.3 Å². The smallest absolute Gasteiger partial charge is 0.123 e. The highest BCUT2D eigenvalue weighted by Gasteiger charge is 2.19. The van der Waals surface area contributed by atoms with Crippen LogP contribution in [0.2, 0.25) is 0 Å². The third kappa shape index (κ3) is 6.09. The summed E-state index contributed by atoms with van der Waals surface area (Å²) in [6.07, 6.45) is 5.24. The molecule has 0 radical (unpaired) electrons. The molecule has 1 aromatic rings. The Balaban J connectivity index is 2.58.